The van der Waals surface area contributed by atoms with Gasteiger partial charge in [0.1, 0.15) is 0 Å². The largest absolute Gasteiger partial charge is 0.328 e. The maximum Gasteiger partial charge on any atom is 0.328 e. The molecule has 0 saturated carbocycles. The minimum absolute atomic E-state index is 0.583. The summed E-state index contributed by atoms with van der Waals surface area (Å²) in [5, 5.41) is 0. The molecule has 0 aliphatic rings. The Kier molecular flexibility index (Phi) is 13.0. The van der Waals surface area contributed by atoms with Crippen LogP contribution < -0.4 is 5.73 Å². The van der Waals surface area contributed by atoms with Crippen molar-refractivity contribution >= 4 is 10.1 Å². The summed E-state index contributed by atoms with van der Waals surface area (Å²) >= 11 is 0. The van der Waals surface area contributed by atoms with Gasteiger partial charge in [0.15, 0.2) is 37.0 Å². The molecule has 30 heavy (non-hydrogen) atoms. The summed E-state index contributed by atoms with van der Waals surface area (Å²) in [4.78, 5) is 0. The summed E-state index contributed by atoms with van der Waals surface area (Å²) in [5.41, 5.74) is 0.0742. The Balaban J connectivity index is 0. The van der Waals surface area contributed by atoms with Crippen molar-refractivity contribution in [2.75, 3.05) is 6.54 Å². The molecule has 0 aromatic heterocycles. The Labute approximate surface area is 162 Å². The number of alkyl halides is 12. The molecular formula is C13H17F12NO3S. The average molecular weight is 495 g/mol. The van der Waals surface area contributed by atoms with Crippen LogP contribution in [0, 0.1) is 0 Å². The zero-order valence-corrected chi connectivity index (χ0v) is 15.3. The molecule has 182 valence electrons. The summed E-state index contributed by atoms with van der Waals surface area (Å²) < 4.78 is 182. The molecular weight excluding hydrogens is 478 g/mol. The van der Waals surface area contributed by atoms with Crippen molar-refractivity contribution in [1.82, 2.24) is 0 Å². The summed E-state index contributed by atoms with van der Waals surface area (Å²) in [6.07, 6.45) is -33.0. The molecule has 0 aliphatic carbocycles. The minimum atomic E-state index is -6.34. The molecule has 0 spiro atoms. The van der Waals surface area contributed by atoms with Crippen LogP contribution in [0.1, 0.15) is 0 Å². The van der Waals surface area contributed by atoms with E-state index >= 15 is 0 Å². The SMILES string of the molecule is C=CCN.O=S(=O)(O)C(F)C(F)(F)C(F)C(F)C(F)C(F)C(F)C(F)C(F)C(F)F. The van der Waals surface area contributed by atoms with E-state index in [-0.39, 0.29) is 0 Å². The molecule has 4 nitrogen and oxygen atoms in total. The standard InChI is InChI=1S/C10H10F12O3S.C3H7N/c11-1(2(12)4(14)6(16)8(18)19)3(13)5(15)7(17)10(21,22)9(20)26(23,24)25;1-2-3-4/h1-9H,(H,23,24,25);2H,1,3-4H2. The van der Waals surface area contributed by atoms with Crippen LogP contribution in [0.15, 0.2) is 12.7 Å². The first-order chi connectivity index (χ1) is 13.4. The van der Waals surface area contributed by atoms with E-state index < -0.39 is 71.2 Å². The van der Waals surface area contributed by atoms with Crippen molar-refractivity contribution in [2.24, 2.45) is 5.73 Å². The van der Waals surface area contributed by atoms with Gasteiger partial charge in [-0.1, -0.05) is 6.08 Å². The van der Waals surface area contributed by atoms with Crippen LogP contribution in [0.2, 0.25) is 0 Å². The van der Waals surface area contributed by atoms with E-state index in [4.69, 9.17) is 10.3 Å². The van der Waals surface area contributed by atoms with Crippen molar-refractivity contribution in [3.05, 3.63) is 12.7 Å². The van der Waals surface area contributed by atoms with E-state index in [1.165, 1.54) is 0 Å². The maximum absolute atomic E-state index is 13.2. The van der Waals surface area contributed by atoms with Gasteiger partial charge < -0.3 is 5.73 Å². The molecule has 8 unspecified atom stereocenters. The van der Waals surface area contributed by atoms with Gasteiger partial charge in [0.25, 0.3) is 11.9 Å². The lowest BCUT2D eigenvalue weighted by molar-refractivity contribution is -0.145. The molecule has 0 aromatic carbocycles. The number of rotatable bonds is 11. The molecule has 8 atom stereocenters. The Morgan fingerprint density at radius 3 is 1.37 bits per heavy atom. The van der Waals surface area contributed by atoms with E-state index in [1.807, 2.05) is 0 Å². The number of hydrogen-bond donors (Lipinski definition) is 2. The molecule has 0 fully saturated rings. The fourth-order valence-corrected chi connectivity index (χ4v) is 2.07. The zero-order chi connectivity index (χ0) is 24.6. The fourth-order valence-electron chi connectivity index (χ4n) is 1.54. The predicted molar refractivity (Wildman–Crippen MR) is 80.9 cm³/mol. The minimum Gasteiger partial charge on any atom is -0.327 e. The second-order valence-electron chi connectivity index (χ2n) is 5.43. The van der Waals surface area contributed by atoms with Crippen LogP contribution in [0.5, 0.6) is 0 Å². The summed E-state index contributed by atoms with van der Waals surface area (Å²) in [6, 6.07) is 0. The lowest BCUT2D eigenvalue weighted by Gasteiger charge is -2.28. The van der Waals surface area contributed by atoms with E-state index in [0.717, 1.165) is 0 Å². The van der Waals surface area contributed by atoms with E-state index in [9.17, 15) is 61.1 Å². The summed E-state index contributed by atoms with van der Waals surface area (Å²) in [7, 11) is -6.34. The number of halogens is 12. The topological polar surface area (TPSA) is 80.4 Å². The second kappa shape index (κ2) is 12.6. The lowest BCUT2D eigenvalue weighted by atomic mass is 9.97. The van der Waals surface area contributed by atoms with Gasteiger partial charge in [0, 0.05) is 6.54 Å². The third kappa shape index (κ3) is 8.49. The highest BCUT2D eigenvalue weighted by molar-refractivity contribution is 7.86. The Morgan fingerprint density at radius 1 is 0.800 bits per heavy atom. The fraction of sp³-hybridized carbons (Fsp3) is 0.846. The summed E-state index contributed by atoms with van der Waals surface area (Å²) in [6.45, 7) is 3.94. The molecule has 0 amide bonds. The first kappa shape index (κ1) is 31.0. The predicted octanol–water partition coefficient (Wildman–Crippen LogP) is 3.57. The first-order valence-corrected chi connectivity index (χ1v) is 8.95. The molecule has 0 rings (SSSR count). The van der Waals surface area contributed by atoms with E-state index in [1.54, 1.807) is 6.08 Å². The average Bonchev–Trinajstić information content (AvgIpc) is 2.68. The quantitative estimate of drug-likeness (QED) is 0.261. The highest BCUT2D eigenvalue weighted by atomic mass is 32.2. The molecule has 0 aliphatic heterocycles. The normalized spacial score (nSPS) is 20.8. The van der Waals surface area contributed by atoms with Crippen LogP contribution in [-0.4, -0.2) is 80.6 Å². The van der Waals surface area contributed by atoms with Crippen LogP contribution >= 0.6 is 0 Å². The molecule has 0 heterocycles. The molecule has 0 aromatic rings. The summed E-state index contributed by atoms with van der Waals surface area (Å²) in [5.74, 6) is -6.01. The van der Waals surface area contributed by atoms with Crippen molar-refractivity contribution in [3.63, 3.8) is 0 Å². The van der Waals surface area contributed by atoms with Crippen molar-refractivity contribution in [2.45, 2.75) is 61.1 Å². The molecule has 0 radical (unpaired) electrons. The molecule has 0 saturated heterocycles. The Morgan fingerprint density at radius 2 is 1.10 bits per heavy atom. The van der Waals surface area contributed by atoms with Crippen molar-refractivity contribution in [3.8, 4) is 0 Å². The van der Waals surface area contributed by atoms with Gasteiger partial charge >= 0.3 is 16.0 Å². The number of nitrogens with two attached hydrogens (primary N) is 1. The zero-order valence-electron chi connectivity index (χ0n) is 14.5. The van der Waals surface area contributed by atoms with Crippen LogP contribution in [0.4, 0.5) is 52.7 Å². The van der Waals surface area contributed by atoms with E-state index in [2.05, 4.69) is 6.58 Å². The van der Waals surface area contributed by atoms with Crippen molar-refractivity contribution in [1.29, 1.82) is 0 Å². The van der Waals surface area contributed by atoms with E-state index in [0.29, 0.717) is 6.54 Å². The third-order valence-electron chi connectivity index (χ3n) is 3.14. The molecule has 3 N–H and O–H groups in total. The van der Waals surface area contributed by atoms with Gasteiger partial charge in [-0.2, -0.15) is 17.2 Å². The Bertz CT molecular complexity index is 610. The van der Waals surface area contributed by atoms with Crippen LogP contribution in [0.25, 0.3) is 0 Å². The van der Waals surface area contributed by atoms with Gasteiger partial charge in [0.2, 0.25) is 6.17 Å². The first-order valence-electron chi connectivity index (χ1n) is 7.45. The van der Waals surface area contributed by atoms with Crippen molar-refractivity contribution < 1.29 is 65.7 Å². The number of hydrogen-bond acceptors (Lipinski definition) is 3. The van der Waals surface area contributed by atoms with Gasteiger partial charge in [-0.15, -0.1) is 6.58 Å². The third-order valence-corrected chi connectivity index (χ3v) is 3.98. The van der Waals surface area contributed by atoms with Crippen LogP contribution in [0.3, 0.4) is 0 Å². The highest BCUT2D eigenvalue weighted by Gasteiger charge is 2.60. The van der Waals surface area contributed by atoms with Gasteiger partial charge in [-0.05, 0) is 0 Å². The smallest absolute Gasteiger partial charge is 0.327 e. The lowest BCUT2D eigenvalue weighted by Crippen LogP contribution is -2.53. The highest BCUT2D eigenvalue weighted by Crippen LogP contribution is 2.37. The second-order valence-corrected chi connectivity index (χ2v) is 6.88. The van der Waals surface area contributed by atoms with Gasteiger partial charge in [0.05, 0.1) is 0 Å². The van der Waals surface area contributed by atoms with Gasteiger partial charge in [-0.3, -0.25) is 4.55 Å². The monoisotopic (exact) mass is 495 g/mol. The molecule has 17 heteroatoms. The van der Waals surface area contributed by atoms with Gasteiger partial charge in [-0.25, -0.2) is 43.9 Å². The van der Waals surface area contributed by atoms with Crippen LogP contribution in [-0.2, 0) is 10.1 Å². The molecule has 0 bridgehead atoms. The maximum atomic E-state index is 13.2. The Hall–Kier alpha value is -1.23.